The van der Waals surface area contributed by atoms with Gasteiger partial charge in [-0.15, -0.1) is 0 Å². The smallest absolute Gasteiger partial charge is 0.226 e. The second-order valence-electron chi connectivity index (χ2n) is 5.30. The number of aromatic amines is 1. The molecule has 21 heavy (non-hydrogen) atoms. The first-order valence-corrected chi connectivity index (χ1v) is 7.26. The van der Waals surface area contributed by atoms with E-state index in [1.807, 2.05) is 13.8 Å². The van der Waals surface area contributed by atoms with Crippen molar-refractivity contribution in [2.75, 3.05) is 18.6 Å². The summed E-state index contributed by atoms with van der Waals surface area (Å²) in [4.78, 5) is 18.7. The molecule has 0 saturated carbocycles. The molecule has 6 nitrogen and oxygen atoms in total. The Bertz CT molecular complexity index is 607. The minimum Gasteiger partial charge on any atom is -0.380 e. The number of hydrogen-bond acceptors (Lipinski definition) is 5. The van der Waals surface area contributed by atoms with Crippen LogP contribution in [0.25, 0.3) is 0 Å². The minimum absolute atomic E-state index is 0.0866. The Morgan fingerprint density at radius 2 is 2.05 bits per heavy atom. The average Bonchev–Trinajstić information content (AvgIpc) is 3.04. The van der Waals surface area contributed by atoms with E-state index in [9.17, 15) is 0 Å². The molecule has 0 radical (unpaired) electrons. The van der Waals surface area contributed by atoms with Gasteiger partial charge in [0.25, 0.3) is 0 Å². The second-order valence-corrected chi connectivity index (χ2v) is 5.73. The van der Waals surface area contributed by atoms with Gasteiger partial charge in [0.15, 0.2) is 0 Å². The van der Waals surface area contributed by atoms with Crippen molar-refractivity contribution in [3.63, 3.8) is 0 Å². The van der Waals surface area contributed by atoms with Gasteiger partial charge in [-0.05, 0) is 13.8 Å². The molecular formula is C14H18ClN5O. The van der Waals surface area contributed by atoms with E-state index in [0.717, 1.165) is 30.2 Å². The van der Waals surface area contributed by atoms with Crippen LogP contribution in [0.2, 0.25) is 5.02 Å². The summed E-state index contributed by atoms with van der Waals surface area (Å²) in [6.45, 7) is 4.76. The van der Waals surface area contributed by atoms with Crippen LogP contribution in [0.4, 0.5) is 5.95 Å². The number of imidazole rings is 1. The Morgan fingerprint density at radius 3 is 2.62 bits per heavy atom. The molecule has 0 spiro atoms. The third-order valence-corrected chi connectivity index (χ3v) is 4.12. The highest BCUT2D eigenvalue weighted by molar-refractivity contribution is 6.30. The van der Waals surface area contributed by atoms with E-state index in [1.165, 1.54) is 0 Å². The number of halogens is 1. The summed E-state index contributed by atoms with van der Waals surface area (Å²) in [5.74, 6) is 1.58. The summed E-state index contributed by atoms with van der Waals surface area (Å²) in [5.41, 5.74) is 2.10. The van der Waals surface area contributed by atoms with Gasteiger partial charge in [0.2, 0.25) is 5.95 Å². The van der Waals surface area contributed by atoms with E-state index < -0.39 is 0 Å². The van der Waals surface area contributed by atoms with E-state index in [-0.39, 0.29) is 12.1 Å². The first-order valence-electron chi connectivity index (χ1n) is 6.88. The fraction of sp³-hybridized carbons (Fsp3) is 0.500. The van der Waals surface area contributed by atoms with Gasteiger partial charge in [-0.2, -0.15) is 0 Å². The van der Waals surface area contributed by atoms with Gasteiger partial charge in [-0.1, -0.05) is 11.6 Å². The second kappa shape index (κ2) is 5.61. The average molecular weight is 308 g/mol. The van der Waals surface area contributed by atoms with Crippen LogP contribution in [-0.4, -0.2) is 39.7 Å². The maximum Gasteiger partial charge on any atom is 0.226 e. The van der Waals surface area contributed by atoms with Gasteiger partial charge in [0.05, 0.1) is 35.3 Å². The van der Waals surface area contributed by atoms with Crippen LogP contribution >= 0.6 is 11.6 Å². The Labute approximate surface area is 128 Å². The molecule has 0 aliphatic carbocycles. The molecular weight excluding hydrogens is 290 g/mol. The maximum absolute atomic E-state index is 5.87. The standard InChI is InChI=1S/C14H18ClN5O/c1-8-9(2)19-13(18-8)12-4-11(21-3)7-20(12)14-16-5-10(15)6-17-14/h5-6,11-12H,4,7H2,1-3H3,(H,18,19)/t11-,12+/m1/s1. The van der Waals surface area contributed by atoms with E-state index in [1.54, 1.807) is 19.5 Å². The third-order valence-electron chi connectivity index (χ3n) is 3.92. The molecule has 7 heteroatoms. The predicted octanol–water partition coefficient (Wildman–Crippen LogP) is 2.44. The molecule has 0 bridgehead atoms. The van der Waals surface area contributed by atoms with Gasteiger partial charge in [-0.25, -0.2) is 15.0 Å². The first kappa shape index (κ1) is 14.3. The van der Waals surface area contributed by atoms with Crippen molar-refractivity contribution in [1.82, 2.24) is 19.9 Å². The molecule has 3 rings (SSSR count). The van der Waals surface area contributed by atoms with E-state index >= 15 is 0 Å². The maximum atomic E-state index is 5.87. The van der Waals surface area contributed by atoms with Crippen LogP contribution in [0, 0.1) is 13.8 Å². The zero-order valence-electron chi connectivity index (χ0n) is 12.3. The van der Waals surface area contributed by atoms with Crippen molar-refractivity contribution < 1.29 is 4.74 Å². The number of aromatic nitrogens is 4. The van der Waals surface area contributed by atoms with Crippen LogP contribution in [0.1, 0.15) is 29.7 Å². The van der Waals surface area contributed by atoms with Crippen LogP contribution in [0.5, 0.6) is 0 Å². The van der Waals surface area contributed by atoms with Crippen molar-refractivity contribution in [1.29, 1.82) is 0 Å². The quantitative estimate of drug-likeness (QED) is 0.943. The third kappa shape index (κ3) is 2.73. The molecule has 1 aliphatic rings. The highest BCUT2D eigenvalue weighted by Gasteiger charge is 2.36. The molecule has 2 aromatic heterocycles. The lowest BCUT2D eigenvalue weighted by atomic mass is 10.2. The molecule has 2 aromatic rings. The minimum atomic E-state index is 0.0866. The van der Waals surface area contributed by atoms with Gasteiger partial charge < -0.3 is 14.6 Å². The lowest BCUT2D eigenvalue weighted by Gasteiger charge is -2.22. The molecule has 1 saturated heterocycles. The zero-order valence-corrected chi connectivity index (χ0v) is 13.1. The lowest BCUT2D eigenvalue weighted by molar-refractivity contribution is 0.118. The monoisotopic (exact) mass is 307 g/mol. The first-order chi connectivity index (χ1) is 10.1. The van der Waals surface area contributed by atoms with Crippen LogP contribution in [-0.2, 0) is 4.74 Å². The number of hydrogen-bond donors (Lipinski definition) is 1. The molecule has 1 N–H and O–H groups in total. The Kier molecular flexibility index (Phi) is 3.82. The normalized spacial score (nSPS) is 22.0. The molecule has 2 atom stereocenters. The summed E-state index contributed by atoms with van der Waals surface area (Å²) < 4.78 is 5.51. The summed E-state index contributed by atoms with van der Waals surface area (Å²) in [6, 6.07) is 0.0866. The topological polar surface area (TPSA) is 66.9 Å². The number of nitrogens with one attached hydrogen (secondary N) is 1. The van der Waals surface area contributed by atoms with Gasteiger partial charge in [0.1, 0.15) is 5.82 Å². The van der Waals surface area contributed by atoms with E-state index in [2.05, 4.69) is 24.8 Å². The van der Waals surface area contributed by atoms with Crippen molar-refractivity contribution in [2.24, 2.45) is 0 Å². The number of nitrogens with zero attached hydrogens (tertiary/aromatic N) is 4. The van der Waals surface area contributed by atoms with Crippen molar-refractivity contribution in [3.8, 4) is 0 Å². The molecule has 0 unspecified atom stereocenters. The zero-order chi connectivity index (χ0) is 15.0. The van der Waals surface area contributed by atoms with Crippen molar-refractivity contribution in [3.05, 3.63) is 34.6 Å². The summed E-state index contributed by atoms with van der Waals surface area (Å²) in [6.07, 6.45) is 4.22. The van der Waals surface area contributed by atoms with E-state index in [4.69, 9.17) is 16.3 Å². The number of rotatable bonds is 3. The summed E-state index contributed by atoms with van der Waals surface area (Å²) >= 11 is 5.87. The highest BCUT2D eigenvalue weighted by atomic mass is 35.5. The van der Waals surface area contributed by atoms with Crippen molar-refractivity contribution >= 4 is 17.5 Å². The van der Waals surface area contributed by atoms with E-state index in [0.29, 0.717) is 11.0 Å². The molecule has 1 aliphatic heterocycles. The Balaban J connectivity index is 1.94. The highest BCUT2D eigenvalue weighted by Crippen LogP contribution is 2.34. The fourth-order valence-electron chi connectivity index (χ4n) is 2.64. The molecule has 1 fully saturated rings. The number of anilines is 1. The van der Waals surface area contributed by atoms with Crippen molar-refractivity contribution in [2.45, 2.75) is 32.4 Å². The van der Waals surface area contributed by atoms with Crippen LogP contribution in [0.15, 0.2) is 12.4 Å². The Hall–Kier alpha value is -1.66. The van der Waals surface area contributed by atoms with Gasteiger partial charge in [0, 0.05) is 25.8 Å². The summed E-state index contributed by atoms with van der Waals surface area (Å²) in [7, 11) is 1.73. The van der Waals surface area contributed by atoms with Crippen LogP contribution in [0.3, 0.4) is 0 Å². The lowest BCUT2D eigenvalue weighted by Crippen LogP contribution is -2.27. The predicted molar refractivity (Wildman–Crippen MR) is 80.6 cm³/mol. The Morgan fingerprint density at radius 1 is 1.33 bits per heavy atom. The molecule has 3 heterocycles. The fourth-order valence-corrected chi connectivity index (χ4v) is 2.73. The van der Waals surface area contributed by atoms with Gasteiger partial charge in [-0.3, -0.25) is 0 Å². The number of aryl methyl sites for hydroxylation is 2. The SMILES string of the molecule is CO[C@@H]1C[C@@H](c2nc(C)c(C)[nH]2)N(c2ncc(Cl)cn2)C1. The number of methoxy groups -OCH3 is 1. The number of H-pyrrole nitrogens is 1. The largest absolute Gasteiger partial charge is 0.380 e. The molecule has 112 valence electrons. The molecule has 0 amide bonds. The van der Waals surface area contributed by atoms with Gasteiger partial charge >= 0.3 is 0 Å². The number of ether oxygens (including phenoxy) is 1. The van der Waals surface area contributed by atoms with Crippen LogP contribution < -0.4 is 4.90 Å². The summed E-state index contributed by atoms with van der Waals surface area (Å²) in [5, 5.41) is 0.530. The molecule has 0 aromatic carbocycles.